The van der Waals surface area contributed by atoms with Crippen LogP contribution in [0.25, 0.3) is 89.3 Å². The number of benzene rings is 10. The number of hydrogen-bond donors (Lipinski definition) is 1. The van der Waals surface area contributed by atoms with Crippen LogP contribution in [0.3, 0.4) is 0 Å². The van der Waals surface area contributed by atoms with E-state index < -0.39 is 6.17 Å². The number of aromatic nitrogens is 1. The van der Waals surface area contributed by atoms with Crippen molar-refractivity contribution in [1.29, 1.82) is 0 Å². The monoisotopic (exact) mass is 920 g/mol. The Kier molecular flexibility index (Phi) is 12.1. The van der Waals surface area contributed by atoms with Crippen molar-refractivity contribution in [1.82, 2.24) is 10.3 Å². The Morgan fingerprint density at radius 3 is 1.08 bits per heavy atom. The summed E-state index contributed by atoms with van der Waals surface area (Å²) in [5, 5.41) is 3.79. The maximum Gasteiger partial charge on any atom is 0.159 e. The van der Waals surface area contributed by atoms with Gasteiger partial charge < -0.3 is 5.32 Å². The van der Waals surface area contributed by atoms with Crippen LogP contribution in [0.2, 0.25) is 0 Å². The molecule has 0 saturated carbocycles. The molecule has 1 aromatic heterocycles. The van der Waals surface area contributed by atoms with Gasteiger partial charge in [0.25, 0.3) is 0 Å². The van der Waals surface area contributed by atoms with Gasteiger partial charge in [0.15, 0.2) is 5.84 Å². The first-order valence-corrected chi connectivity index (χ1v) is 24.5. The summed E-state index contributed by atoms with van der Waals surface area (Å²) < 4.78 is 0. The van der Waals surface area contributed by atoms with Crippen molar-refractivity contribution in [3.05, 3.63) is 296 Å². The van der Waals surface area contributed by atoms with Crippen LogP contribution >= 0.6 is 0 Å². The standard InChI is InChI=1S/C68H48N4/c1-8-23-47(24-9-1)58-44-59(48-25-10-2-11-26-48)46-60(45-58)68-71-66(55-35-20-7-21-36-55)70-67(72-68)57-38-22-37-56(43-57)49-39-41-52(42-40-49)61-62(50-27-12-3-13-28-50)64(53-31-16-5-17-32-53)69-65(54-33-18-6-19-34-54)63(61)51-29-14-4-15-30-51/h1-46,68H,(H,70,71,72). The molecule has 10 aromatic carbocycles. The lowest BCUT2D eigenvalue weighted by atomic mass is 9.83. The molecule has 0 amide bonds. The minimum Gasteiger partial charge on any atom is -0.344 e. The van der Waals surface area contributed by atoms with E-state index in [1.807, 2.05) is 18.2 Å². The van der Waals surface area contributed by atoms with Gasteiger partial charge in [-0.05, 0) is 79.9 Å². The van der Waals surface area contributed by atoms with Crippen LogP contribution in [0.5, 0.6) is 0 Å². The van der Waals surface area contributed by atoms with E-state index in [0.29, 0.717) is 5.84 Å². The number of amidine groups is 2. The van der Waals surface area contributed by atoms with Crippen LogP contribution in [0.1, 0.15) is 22.9 Å². The van der Waals surface area contributed by atoms with Crippen molar-refractivity contribution in [2.24, 2.45) is 9.98 Å². The average Bonchev–Trinajstić information content (AvgIpc) is 3.48. The maximum atomic E-state index is 5.63. The third kappa shape index (κ3) is 8.97. The van der Waals surface area contributed by atoms with E-state index in [1.165, 1.54) is 0 Å². The van der Waals surface area contributed by atoms with E-state index in [2.05, 4.69) is 266 Å². The number of pyridine rings is 1. The maximum absolute atomic E-state index is 5.63. The summed E-state index contributed by atoms with van der Waals surface area (Å²) in [5.41, 5.74) is 20.3. The smallest absolute Gasteiger partial charge is 0.159 e. The SMILES string of the molecule is c1ccc(C2=NC(c3cc(-c4ccccc4)cc(-c4ccccc4)c3)NC(c3cccc(-c4ccc(-c5c(-c6ccccc6)c(-c6ccccc6)nc(-c6ccccc6)c5-c5ccccc5)cc4)c3)=N2)cc1. The van der Waals surface area contributed by atoms with Crippen molar-refractivity contribution in [2.45, 2.75) is 6.17 Å². The molecule has 12 rings (SSSR count). The van der Waals surface area contributed by atoms with Gasteiger partial charge >= 0.3 is 0 Å². The number of aliphatic imine (C=N–C) groups is 2. The highest BCUT2D eigenvalue weighted by Gasteiger charge is 2.26. The summed E-state index contributed by atoms with van der Waals surface area (Å²) in [6.45, 7) is 0. The molecule has 4 heteroatoms. The predicted octanol–water partition coefficient (Wildman–Crippen LogP) is 16.9. The van der Waals surface area contributed by atoms with Gasteiger partial charge in [-0.15, -0.1) is 0 Å². The molecule has 4 nitrogen and oxygen atoms in total. The van der Waals surface area contributed by atoms with E-state index in [9.17, 15) is 0 Å². The highest BCUT2D eigenvalue weighted by Crippen LogP contribution is 2.49. The lowest BCUT2D eigenvalue weighted by Gasteiger charge is -2.25. The summed E-state index contributed by atoms with van der Waals surface area (Å²) in [6, 6.07) is 98.5. The van der Waals surface area contributed by atoms with Crippen LogP contribution in [0.15, 0.2) is 289 Å². The van der Waals surface area contributed by atoms with Crippen LogP contribution < -0.4 is 5.32 Å². The van der Waals surface area contributed by atoms with Crippen molar-refractivity contribution in [3.63, 3.8) is 0 Å². The fraction of sp³-hybridized carbons (Fsp3) is 0.0147. The molecule has 0 aliphatic carbocycles. The fourth-order valence-electron chi connectivity index (χ4n) is 9.82. The zero-order valence-electron chi connectivity index (χ0n) is 39.5. The molecular formula is C68H48N4. The van der Waals surface area contributed by atoms with Gasteiger partial charge in [-0.25, -0.2) is 15.0 Å². The van der Waals surface area contributed by atoms with E-state index in [0.717, 1.165) is 112 Å². The summed E-state index contributed by atoms with van der Waals surface area (Å²) in [7, 11) is 0. The molecule has 0 bridgehead atoms. The van der Waals surface area contributed by atoms with Crippen LogP contribution in [0, 0.1) is 0 Å². The highest BCUT2D eigenvalue weighted by atomic mass is 15.2. The first-order valence-electron chi connectivity index (χ1n) is 24.5. The Balaban J connectivity index is 0.975. The normalized spacial score (nSPS) is 13.1. The van der Waals surface area contributed by atoms with E-state index >= 15 is 0 Å². The second-order valence-corrected chi connectivity index (χ2v) is 18.0. The number of rotatable bonds is 11. The van der Waals surface area contributed by atoms with Crippen molar-refractivity contribution >= 4 is 11.7 Å². The van der Waals surface area contributed by atoms with Gasteiger partial charge in [0.05, 0.1) is 11.4 Å². The Bertz CT molecular complexity index is 3550. The Hall–Kier alpha value is -9.51. The lowest BCUT2D eigenvalue weighted by Crippen LogP contribution is -2.33. The molecule has 2 heterocycles. The predicted molar refractivity (Wildman–Crippen MR) is 300 cm³/mol. The first-order chi connectivity index (χ1) is 35.7. The zero-order chi connectivity index (χ0) is 48.1. The van der Waals surface area contributed by atoms with Gasteiger partial charge in [0.2, 0.25) is 0 Å². The molecule has 340 valence electrons. The van der Waals surface area contributed by atoms with Crippen LogP contribution in [0.4, 0.5) is 0 Å². The molecule has 1 aliphatic heterocycles. The van der Waals surface area contributed by atoms with E-state index in [1.54, 1.807) is 0 Å². The number of nitrogens with zero attached hydrogens (tertiary/aromatic N) is 3. The molecule has 0 spiro atoms. The Morgan fingerprint density at radius 2 is 0.611 bits per heavy atom. The second kappa shape index (κ2) is 19.8. The van der Waals surface area contributed by atoms with Crippen LogP contribution in [-0.4, -0.2) is 16.7 Å². The number of hydrogen-bond acceptors (Lipinski definition) is 4. The molecule has 72 heavy (non-hydrogen) atoms. The van der Waals surface area contributed by atoms with Crippen molar-refractivity contribution in [3.8, 4) is 89.3 Å². The highest BCUT2D eigenvalue weighted by molar-refractivity contribution is 6.13. The summed E-state index contributed by atoms with van der Waals surface area (Å²) >= 11 is 0. The fourth-order valence-corrected chi connectivity index (χ4v) is 9.82. The van der Waals surface area contributed by atoms with Crippen LogP contribution in [-0.2, 0) is 0 Å². The van der Waals surface area contributed by atoms with E-state index in [4.69, 9.17) is 15.0 Å². The molecule has 1 N–H and O–H groups in total. The van der Waals surface area contributed by atoms with Gasteiger partial charge in [-0.3, -0.25) is 0 Å². The molecule has 1 aliphatic rings. The van der Waals surface area contributed by atoms with E-state index in [-0.39, 0.29) is 0 Å². The molecular weight excluding hydrogens is 873 g/mol. The van der Waals surface area contributed by atoms with Gasteiger partial charge in [-0.2, -0.15) is 0 Å². The van der Waals surface area contributed by atoms with Gasteiger partial charge in [0, 0.05) is 38.9 Å². The zero-order valence-corrected chi connectivity index (χ0v) is 39.5. The Morgan fingerprint density at radius 1 is 0.264 bits per heavy atom. The molecule has 1 unspecified atom stereocenters. The summed E-state index contributed by atoms with van der Waals surface area (Å²) in [5.74, 6) is 1.44. The molecule has 0 radical (unpaired) electrons. The average molecular weight is 921 g/mol. The number of nitrogens with one attached hydrogen (secondary N) is 1. The van der Waals surface area contributed by atoms with Crippen molar-refractivity contribution in [2.75, 3.05) is 0 Å². The minimum absolute atomic E-state index is 0.402. The quantitative estimate of drug-likeness (QED) is 0.141. The minimum atomic E-state index is -0.402. The van der Waals surface area contributed by atoms with Gasteiger partial charge in [-0.1, -0.05) is 255 Å². The van der Waals surface area contributed by atoms with Gasteiger partial charge in [0.1, 0.15) is 12.0 Å². The molecule has 0 fully saturated rings. The first kappa shape index (κ1) is 43.7. The summed E-state index contributed by atoms with van der Waals surface area (Å²) in [6.07, 6.45) is -0.402. The third-order valence-electron chi connectivity index (χ3n) is 13.3. The molecule has 1 atom stereocenters. The molecule has 11 aromatic rings. The third-order valence-corrected chi connectivity index (χ3v) is 13.3. The van der Waals surface area contributed by atoms with Crippen molar-refractivity contribution < 1.29 is 0 Å². The Labute approximate surface area is 421 Å². The largest absolute Gasteiger partial charge is 0.344 e. The molecule has 0 saturated heterocycles. The topological polar surface area (TPSA) is 49.6 Å². The second-order valence-electron chi connectivity index (χ2n) is 18.0. The lowest BCUT2D eigenvalue weighted by molar-refractivity contribution is 0.674. The summed E-state index contributed by atoms with van der Waals surface area (Å²) in [4.78, 5) is 16.2.